The number of hydrogen-bond donors (Lipinski definition) is 1. The van der Waals surface area contributed by atoms with Gasteiger partial charge in [0.05, 0.1) is 11.4 Å². The van der Waals surface area contributed by atoms with Crippen molar-refractivity contribution >= 4 is 5.69 Å². The minimum Gasteiger partial charge on any atom is -0.397 e. The largest absolute Gasteiger partial charge is 0.399 e. The van der Waals surface area contributed by atoms with Crippen LogP contribution < -0.4 is 5.73 Å². The third-order valence-electron chi connectivity index (χ3n) is 2.14. The molecular weight excluding hydrogens is 193 g/mol. The van der Waals surface area contributed by atoms with Crippen molar-refractivity contribution < 1.29 is 13.2 Å². The van der Waals surface area contributed by atoms with E-state index in [1.807, 2.05) is 0 Å². The Labute approximate surface area is 79.9 Å². The van der Waals surface area contributed by atoms with E-state index >= 15 is 0 Å². The van der Waals surface area contributed by atoms with E-state index in [2.05, 4.69) is 4.98 Å². The number of halogens is 3. The summed E-state index contributed by atoms with van der Waals surface area (Å²) in [7, 11) is 0. The first kappa shape index (κ1) is 10.8. The summed E-state index contributed by atoms with van der Waals surface area (Å²) in [4.78, 5) is 3.67. The van der Waals surface area contributed by atoms with Gasteiger partial charge in [-0.15, -0.1) is 0 Å². The van der Waals surface area contributed by atoms with Crippen molar-refractivity contribution in [2.75, 3.05) is 5.73 Å². The van der Waals surface area contributed by atoms with E-state index in [1.54, 1.807) is 0 Å². The number of nitrogens with zero attached hydrogens (tertiary/aromatic N) is 1. The van der Waals surface area contributed by atoms with E-state index in [9.17, 15) is 13.2 Å². The highest BCUT2D eigenvalue weighted by Crippen LogP contribution is 2.41. The number of rotatable bonds is 1. The van der Waals surface area contributed by atoms with Crippen molar-refractivity contribution in [3.05, 3.63) is 24.0 Å². The summed E-state index contributed by atoms with van der Waals surface area (Å²) in [6.07, 6.45) is -3.05. The first-order chi connectivity index (χ1) is 6.27. The number of pyridine rings is 1. The average molecular weight is 204 g/mol. The Morgan fingerprint density at radius 1 is 1.29 bits per heavy atom. The van der Waals surface area contributed by atoms with Crippen LogP contribution >= 0.6 is 0 Å². The molecule has 0 aliphatic heterocycles. The highest BCUT2D eigenvalue weighted by Gasteiger charge is 2.50. The fourth-order valence-electron chi connectivity index (χ4n) is 1.07. The van der Waals surface area contributed by atoms with Crippen LogP contribution in [-0.2, 0) is 5.41 Å². The van der Waals surface area contributed by atoms with Crippen LogP contribution in [0.3, 0.4) is 0 Å². The van der Waals surface area contributed by atoms with E-state index in [4.69, 9.17) is 5.73 Å². The maximum absolute atomic E-state index is 12.6. The summed E-state index contributed by atoms with van der Waals surface area (Å²) in [5.41, 5.74) is 3.36. The lowest BCUT2D eigenvalue weighted by Crippen LogP contribution is -2.37. The molecule has 2 nitrogen and oxygen atoms in total. The van der Waals surface area contributed by atoms with E-state index in [1.165, 1.54) is 18.3 Å². The lowest BCUT2D eigenvalue weighted by Gasteiger charge is -2.27. The molecule has 0 saturated carbocycles. The molecule has 0 fully saturated rings. The fraction of sp³-hybridized carbons (Fsp3) is 0.444. The van der Waals surface area contributed by atoms with Crippen LogP contribution in [0.25, 0.3) is 0 Å². The Balaban J connectivity index is 3.23. The minimum atomic E-state index is -4.35. The Hall–Kier alpha value is -1.26. The number of hydrogen-bond acceptors (Lipinski definition) is 2. The maximum atomic E-state index is 12.6. The average Bonchev–Trinajstić information content (AvgIpc) is 2.02. The molecular formula is C9H11F3N2. The van der Waals surface area contributed by atoms with Crippen molar-refractivity contribution in [1.82, 2.24) is 4.98 Å². The van der Waals surface area contributed by atoms with E-state index < -0.39 is 11.6 Å². The van der Waals surface area contributed by atoms with Crippen LogP contribution in [0.5, 0.6) is 0 Å². The number of alkyl halides is 3. The summed E-state index contributed by atoms with van der Waals surface area (Å²) >= 11 is 0. The van der Waals surface area contributed by atoms with Crippen LogP contribution in [0.1, 0.15) is 19.5 Å². The zero-order valence-electron chi connectivity index (χ0n) is 7.89. The third-order valence-corrected chi connectivity index (χ3v) is 2.14. The number of nitrogens with two attached hydrogens (primary N) is 1. The van der Waals surface area contributed by atoms with E-state index in [-0.39, 0.29) is 11.4 Å². The standard InChI is InChI=1S/C9H11F3N2/c1-8(2,9(10,11)12)7-6(13)4-3-5-14-7/h3-5H,13H2,1-2H3. The van der Waals surface area contributed by atoms with Crippen LogP contribution in [0.2, 0.25) is 0 Å². The molecule has 0 spiro atoms. The molecule has 2 N–H and O–H groups in total. The van der Waals surface area contributed by atoms with E-state index in [0.717, 1.165) is 13.8 Å². The lowest BCUT2D eigenvalue weighted by atomic mass is 9.87. The summed E-state index contributed by atoms with van der Waals surface area (Å²) in [5, 5.41) is 0. The number of anilines is 1. The predicted molar refractivity (Wildman–Crippen MR) is 47.7 cm³/mol. The van der Waals surface area contributed by atoms with Gasteiger partial charge in [-0.05, 0) is 26.0 Å². The molecule has 5 heteroatoms. The van der Waals surface area contributed by atoms with Crippen molar-refractivity contribution in [3.8, 4) is 0 Å². The SMILES string of the molecule is CC(C)(c1ncccc1N)C(F)(F)F. The van der Waals surface area contributed by atoms with Crippen LogP contribution in [-0.4, -0.2) is 11.2 Å². The predicted octanol–water partition coefficient (Wildman–Crippen LogP) is 2.50. The zero-order valence-corrected chi connectivity index (χ0v) is 7.89. The summed E-state index contributed by atoms with van der Waals surface area (Å²) in [5.74, 6) is 0. The molecule has 0 amide bonds. The molecule has 14 heavy (non-hydrogen) atoms. The molecule has 0 atom stereocenters. The highest BCUT2D eigenvalue weighted by atomic mass is 19.4. The van der Waals surface area contributed by atoms with Gasteiger partial charge in [-0.1, -0.05) is 0 Å². The zero-order chi connectivity index (χ0) is 11.0. The Morgan fingerprint density at radius 3 is 2.29 bits per heavy atom. The second-order valence-corrected chi connectivity index (χ2v) is 3.56. The summed E-state index contributed by atoms with van der Waals surface area (Å²) < 4.78 is 37.8. The number of aromatic nitrogens is 1. The van der Waals surface area contributed by atoms with Crippen LogP contribution in [0, 0.1) is 0 Å². The molecule has 0 aliphatic carbocycles. The molecule has 0 unspecified atom stereocenters. The normalized spacial score (nSPS) is 12.9. The second-order valence-electron chi connectivity index (χ2n) is 3.56. The molecule has 1 aromatic rings. The minimum absolute atomic E-state index is 0.0647. The van der Waals surface area contributed by atoms with Gasteiger partial charge >= 0.3 is 6.18 Å². The molecule has 0 radical (unpaired) electrons. The summed E-state index contributed by atoms with van der Waals surface area (Å²) in [6, 6.07) is 2.92. The third kappa shape index (κ3) is 1.66. The smallest absolute Gasteiger partial charge is 0.397 e. The Morgan fingerprint density at radius 2 is 1.86 bits per heavy atom. The molecule has 1 rings (SSSR count). The van der Waals surface area contributed by atoms with Gasteiger partial charge in [0.25, 0.3) is 0 Å². The van der Waals surface area contributed by atoms with Gasteiger partial charge in [-0.25, -0.2) is 0 Å². The quantitative estimate of drug-likeness (QED) is 0.763. The first-order valence-corrected chi connectivity index (χ1v) is 4.04. The summed E-state index contributed by atoms with van der Waals surface area (Å²) in [6.45, 7) is 2.12. The van der Waals surface area contributed by atoms with Crippen molar-refractivity contribution in [1.29, 1.82) is 0 Å². The van der Waals surface area contributed by atoms with Crippen molar-refractivity contribution in [2.24, 2.45) is 0 Å². The molecule has 0 saturated heterocycles. The molecule has 1 heterocycles. The van der Waals surface area contributed by atoms with Crippen LogP contribution in [0.4, 0.5) is 18.9 Å². The molecule has 78 valence electrons. The molecule has 0 aliphatic rings. The first-order valence-electron chi connectivity index (χ1n) is 4.04. The fourth-order valence-corrected chi connectivity index (χ4v) is 1.07. The maximum Gasteiger partial charge on any atom is 0.399 e. The molecule has 0 bridgehead atoms. The van der Waals surface area contributed by atoms with Gasteiger partial charge in [0.1, 0.15) is 5.41 Å². The van der Waals surface area contributed by atoms with Gasteiger partial charge in [0.2, 0.25) is 0 Å². The lowest BCUT2D eigenvalue weighted by molar-refractivity contribution is -0.181. The highest BCUT2D eigenvalue weighted by molar-refractivity contribution is 5.46. The van der Waals surface area contributed by atoms with Gasteiger partial charge < -0.3 is 5.73 Å². The van der Waals surface area contributed by atoms with E-state index in [0.29, 0.717) is 0 Å². The van der Waals surface area contributed by atoms with Gasteiger partial charge in [-0.3, -0.25) is 4.98 Å². The number of nitrogen functional groups attached to an aromatic ring is 1. The van der Waals surface area contributed by atoms with Crippen LogP contribution in [0.15, 0.2) is 18.3 Å². The van der Waals surface area contributed by atoms with Crippen molar-refractivity contribution in [3.63, 3.8) is 0 Å². The van der Waals surface area contributed by atoms with Crippen molar-refractivity contribution in [2.45, 2.75) is 25.4 Å². The molecule has 1 aromatic heterocycles. The van der Waals surface area contributed by atoms with Gasteiger partial charge in [0.15, 0.2) is 0 Å². The molecule has 0 aromatic carbocycles. The Kier molecular flexibility index (Phi) is 2.43. The van der Waals surface area contributed by atoms with Gasteiger partial charge in [-0.2, -0.15) is 13.2 Å². The Bertz CT molecular complexity index is 331. The monoisotopic (exact) mass is 204 g/mol. The second kappa shape index (κ2) is 3.15. The topological polar surface area (TPSA) is 38.9 Å². The van der Waals surface area contributed by atoms with Gasteiger partial charge in [0, 0.05) is 6.20 Å².